The Hall–Kier alpha value is -4.37. The van der Waals surface area contributed by atoms with E-state index in [9.17, 15) is 4.79 Å². The highest BCUT2D eigenvalue weighted by Crippen LogP contribution is 2.28. The summed E-state index contributed by atoms with van der Waals surface area (Å²) in [5.41, 5.74) is 2.91. The van der Waals surface area contributed by atoms with Gasteiger partial charge in [-0.1, -0.05) is 11.6 Å². The second kappa shape index (κ2) is 10.5. The molecule has 0 aliphatic heterocycles. The zero-order valence-electron chi connectivity index (χ0n) is 19.6. The summed E-state index contributed by atoms with van der Waals surface area (Å²) in [6, 6.07) is 16.4. The van der Waals surface area contributed by atoms with E-state index in [4.69, 9.17) is 21.3 Å². The molecule has 2 N–H and O–H groups in total. The fraction of sp³-hybridized carbons (Fsp3) is 0.154. The number of ether oxygens (including phenoxy) is 1. The molecule has 5 aromatic rings. The zero-order valence-corrected chi connectivity index (χ0v) is 20.3. The van der Waals surface area contributed by atoms with Crippen LogP contribution in [0.4, 0.5) is 11.6 Å². The Balaban J connectivity index is 1.24. The van der Waals surface area contributed by atoms with Crippen LogP contribution in [0.3, 0.4) is 0 Å². The number of hydrogen-bond donors (Lipinski definition) is 2. The highest BCUT2D eigenvalue weighted by molar-refractivity contribution is 6.30. The van der Waals surface area contributed by atoms with Gasteiger partial charge in [-0.15, -0.1) is 0 Å². The van der Waals surface area contributed by atoms with Gasteiger partial charge in [0.05, 0.1) is 17.4 Å². The van der Waals surface area contributed by atoms with E-state index in [2.05, 4.69) is 20.6 Å². The summed E-state index contributed by atoms with van der Waals surface area (Å²) in [6.07, 6.45) is 7.73. The highest BCUT2D eigenvalue weighted by Gasteiger charge is 2.12. The molecule has 0 radical (unpaired) electrons. The number of nitrogens with zero attached hydrogens (tertiary/aromatic N) is 5. The van der Waals surface area contributed by atoms with Crippen molar-refractivity contribution in [1.29, 1.82) is 0 Å². The molecule has 182 valence electrons. The number of carbonyl (C=O) groups excluding carboxylic acids is 1. The Morgan fingerprint density at radius 3 is 2.69 bits per heavy atom. The number of hydrogen-bond acceptors (Lipinski definition) is 6. The van der Waals surface area contributed by atoms with Crippen molar-refractivity contribution >= 4 is 40.2 Å². The first-order valence-electron chi connectivity index (χ1n) is 11.4. The van der Waals surface area contributed by atoms with Crippen molar-refractivity contribution in [2.24, 2.45) is 7.05 Å². The average Bonchev–Trinajstić information content (AvgIpc) is 3.51. The second-order valence-electron chi connectivity index (χ2n) is 8.17. The molecule has 0 spiro atoms. The lowest BCUT2D eigenvalue weighted by Crippen LogP contribution is -2.26. The molecule has 1 amide bonds. The van der Waals surface area contributed by atoms with Gasteiger partial charge in [0.25, 0.3) is 5.91 Å². The fourth-order valence-electron chi connectivity index (χ4n) is 3.73. The number of fused-ring (bicyclic) bond motifs is 1. The molecular formula is C26H24ClN7O2. The Labute approximate surface area is 212 Å². The van der Waals surface area contributed by atoms with Gasteiger partial charge < -0.3 is 24.5 Å². The molecule has 5 rings (SSSR count). The van der Waals surface area contributed by atoms with Crippen LogP contribution >= 0.6 is 11.6 Å². The molecule has 2 aromatic carbocycles. The molecule has 0 aliphatic rings. The molecule has 3 aromatic heterocycles. The van der Waals surface area contributed by atoms with E-state index in [0.717, 1.165) is 29.7 Å². The lowest BCUT2D eigenvalue weighted by atomic mass is 10.3. The quantitative estimate of drug-likeness (QED) is 0.270. The normalized spacial score (nSPS) is 10.9. The maximum absolute atomic E-state index is 12.5. The number of amides is 1. The summed E-state index contributed by atoms with van der Waals surface area (Å²) in [5.74, 6) is 1.57. The number of benzene rings is 2. The summed E-state index contributed by atoms with van der Waals surface area (Å²) in [5, 5.41) is 6.87. The van der Waals surface area contributed by atoms with Gasteiger partial charge in [0, 0.05) is 61.6 Å². The first-order chi connectivity index (χ1) is 17.5. The minimum atomic E-state index is -0.246. The number of imidazole rings is 2. The molecule has 10 heteroatoms. The van der Waals surface area contributed by atoms with Gasteiger partial charge in [0.2, 0.25) is 5.95 Å². The van der Waals surface area contributed by atoms with Crippen molar-refractivity contribution in [3.8, 4) is 11.5 Å². The summed E-state index contributed by atoms with van der Waals surface area (Å²) in [4.78, 5) is 25.4. The highest BCUT2D eigenvalue weighted by atomic mass is 35.5. The Morgan fingerprint density at radius 2 is 1.89 bits per heavy atom. The van der Waals surface area contributed by atoms with E-state index in [1.54, 1.807) is 30.9 Å². The van der Waals surface area contributed by atoms with Gasteiger partial charge in [0.15, 0.2) is 0 Å². The summed E-state index contributed by atoms with van der Waals surface area (Å²) >= 11 is 5.98. The molecule has 3 heterocycles. The van der Waals surface area contributed by atoms with Gasteiger partial charge in [-0.25, -0.2) is 9.97 Å². The Bertz CT molecular complexity index is 1480. The topological polar surface area (TPSA) is 98.9 Å². The molecule has 0 bridgehead atoms. The number of anilines is 2. The van der Waals surface area contributed by atoms with Crippen molar-refractivity contribution in [3.63, 3.8) is 0 Å². The number of aryl methyl sites for hydroxylation is 2. The monoisotopic (exact) mass is 501 g/mol. The van der Waals surface area contributed by atoms with Crippen LogP contribution in [0.5, 0.6) is 11.5 Å². The maximum atomic E-state index is 12.5. The van der Waals surface area contributed by atoms with Crippen molar-refractivity contribution < 1.29 is 9.53 Å². The van der Waals surface area contributed by atoms with Crippen LogP contribution in [0.1, 0.15) is 16.9 Å². The van der Waals surface area contributed by atoms with E-state index in [-0.39, 0.29) is 5.91 Å². The van der Waals surface area contributed by atoms with E-state index in [1.165, 1.54) is 0 Å². The molecule has 0 atom stereocenters. The minimum absolute atomic E-state index is 0.246. The first-order valence-corrected chi connectivity index (χ1v) is 11.8. The number of halogens is 1. The third-order valence-electron chi connectivity index (χ3n) is 5.59. The van der Waals surface area contributed by atoms with Crippen LogP contribution in [0.2, 0.25) is 5.02 Å². The van der Waals surface area contributed by atoms with E-state index < -0.39 is 0 Å². The number of aromatic nitrogens is 5. The SMILES string of the molecule is Cn1c(Nc2ccc(Cl)cc2)nc2cc(Oc3ccnc(C(=O)NCCCn4ccnc4)c3)ccc21. The van der Waals surface area contributed by atoms with E-state index in [0.29, 0.717) is 34.7 Å². The van der Waals surface area contributed by atoms with Crippen molar-refractivity contribution in [3.05, 3.63) is 90.2 Å². The van der Waals surface area contributed by atoms with Crippen LogP contribution < -0.4 is 15.4 Å². The number of nitrogens with one attached hydrogen (secondary N) is 2. The fourth-order valence-corrected chi connectivity index (χ4v) is 3.85. The lowest BCUT2D eigenvalue weighted by molar-refractivity contribution is 0.0947. The Kier molecular flexibility index (Phi) is 6.81. The summed E-state index contributed by atoms with van der Waals surface area (Å²) < 4.78 is 9.95. The molecule has 0 unspecified atom stereocenters. The number of rotatable bonds is 9. The molecular weight excluding hydrogens is 478 g/mol. The van der Waals surface area contributed by atoms with Gasteiger partial charge in [0.1, 0.15) is 17.2 Å². The number of carbonyl (C=O) groups is 1. The van der Waals surface area contributed by atoms with Gasteiger partial charge >= 0.3 is 0 Å². The largest absolute Gasteiger partial charge is 0.457 e. The molecule has 0 saturated heterocycles. The van der Waals surface area contributed by atoms with Gasteiger partial charge in [-0.3, -0.25) is 9.78 Å². The Morgan fingerprint density at radius 1 is 1.06 bits per heavy atom. The third kappa shape index (κ3) is 5.47. The summed E-state index contributed by atoms with van der Waals surface area (Å²) in [7, 11) is 1.94. The second-order valence-corrected chi connectivity index (χ2v) is 8.60. The zero-order chi connectivity index (χ0) is 24.9. The minimum Gasteiger partial charge on any atom is -0.457 e. The van der Waals surface area contributed by atoms with Crippen molar-refractivity contribution in [1.82, 2.24) is 29.4 Å². The molecule has 0 saturated carbocycles. The smallest absolute Gasteiger partial charge is 0.270 e. The predicted molar refractivity (Wildman–Crippen MR) is 139 cm³/mol. The molecule has 36 heavy (non-hydrogen) atoms. The average molecular weight is 502 g/mol. The molecule has 9 nitrogen and oxygen atoms in total. The van der Waals surface area contributed by atoms with Gasteiger partial charge in [-0.2, -0.15) is 0 Å². The third-order valence-corrected chi connectivity index (χ3v) is 5.84. The van der Waals surface area contributed by atoms with Crippen LogP contribution in [0, 0.1) is 0 Å². The number of pyridine rings is 1. The maximum Gasteiger partial charge on any atom is 0.270 e. The van der Waals surface area contributed by atoms with Crippen LogP contribution in [0.25, 0.3) is 11.0 Å². The summed E-state index contributed by atoms with van der Waals surface area (Å²) in [6.45, 7) is 1.32. The first kappa shape index (κ1) is 23.4. The van der Waals surface area contributed by atoms with Crippen molar-refractivity contribution in [2.45, 2.75) is 13.0 Å². The predicted octanol–water partition coefficient (Wildman–Crippen LogP) is 5.17. The van der Waals surface area contributed by atoms with Crippen LogP contribution in [-0.4, -0.2) is 36.5 Å². The van der Waals surface area contributed by atoms with Crippen molar-refractivity contribution in [2.75, 3.05) is 11.9 Å². The standard InChI is InChI=1S/C26H24ClN7O2/c1-33-24-8-7-20(15-22(24)32-26(33)31-19-5-3-18(27)4-6-19)36-21-9-11-29-23(16-21)25(35)30-10-2-13-34-14-12-28-17-34/h3-9,11-12,14-17H,2,10,13H2,1H3,(H,30,35)(H,31,32). The molecule has 0 fully saturated rings. The van der Waals surface area contributed by atoms with Crippen LogP contribution in [0.15, 0.2) is 79.5 Å². The molecule has 0 aliphatic carbocycles. The lowest BCUT2D eigenvalue weighted by Gasteiger charge is -2.08. The van der Waals surface area contributed by atoms with E-state index in [1.807, 2.05) is 64.8 Å². The van der Waals surface area contributed by atoms with Crippen LogP contribution in [-0.2, 0) is 13.6 Å². The van der Waals surface area contributed by atoms with E-state index >= 15 is 0 Å². The van der Waals surface area contributed by atoms with Gasteiger partial charge in [-0.05, 0) is 48.9 Å².